The molecule has 0 aromatic carbocycles. The van der Waals surface area contributed by atoms with Crippen LogP contribution in [0.25, 0.3) is 0 Å². The topological polar surface area (TPSA) is 40.2 Å². The van der Waals surface area contributed by atoms with E-state index in [-0.39, 0.29) is 6.10 Å². The maximum Gasteiger partial charge on any atom is 0.253 e. The van der Waals surface area contributed by atoms with Gasteiger partial charge in [-0.3, -0.25) is 0 Å². The first-order chi connectivity index (χ1) is 7.30. The molecule has 1 heterocycles. The summed E-state index contributed by atoms with van der Waals surface area (Å²) in [7, 11) is 4.93. The van der Waals surface area contributed by atoms with Crippen molar-refractivity contribution in [1.82, 2.24) is 0 Å². The van der Waals surface area contributed by atoms with E-state index >= 15 is 0 Å². The minimum atomic E-state index is -0.0647. The second-order valence-corrected chi connectivity index (χ2v) is 4.17. The highest BCUT2D eigenvalue weighted by Crippen LogP contribution is 2.42. The first-order valence-electron chi connectivity index (χ1n) is 5.43. The van der Waals surface area contributed by atoms with Crippen LogP contribution in [0.1, 0.15) is 19.3 Å². The number of hydrogen-bond acceptors (Lipinski definition) is 4. The molecular formula is C11H19O4. The molecule has 4 heteroatoms. The Kier molecular flexibility index (Phi) is 3.61. The van der Waals surface area contributed by atoms with Crippen LogP contribution in [0.2, 0.25) is 0 Å². The molecule has 4 atom stereocenters. The zero-order valence-corrected chi connectivity index (χ0v) is 9.56. The van der Waals surface area contributed by atoms with Crippen LogP contribution in [-0.2, 0) is 18.9 Å². The predicted molar refractivity (Wildman–Crippen MR) is 54.1 cm³/mol. The molecule has 0 spiro atoms. The van der Waals surface area contributed by atoms with Crippen molar-refractivity contribution < 1.29 is 18.9 Å². The van der Waals surface area contributed by atoms with Crippen LogP contribution >= 0.6 is 0 Å². The molecular weight excluding hydrogens is 196 g/mol. The summed E-state index contributed by atoms with van der Waals surface area (Å²) in [5.74, 6) is 0.452. The summed E-state index contributed by atoms with van der Waals surface area (Å²) in [6, 6.07) is 0. The lowest BCUT2D eigenvalue weighted by molar-refractivity contribution is -0.107. The molecule has 1 aliphatic carbocycles. The van der Waals surface area contributed by atoms with Gasteiger partial charge in [0.1, 0.15) is 6.10 Å². The third-order valence-electron chi connectivity index (χ3n) is 3.36. The maximum absolute atomic E-state index is 5.50. The molecule has 1 aliphatic heterocycles. The van der Waals surface area contributed by atoms with Gasteiger partial charge in [-0.05, 0) is 25.2 Å². The van der Waals surface area contributed by atoms with Crippen molar-refractivity contribution in [3.05, 3.63) is 6.29 Å². The molecule has 4 nitrogen and oxygen atoms in total. The molecule has 2 fully saturated rings. The van der Waals surface area contributed by atoms with Crippen LogP contribution in [0.5, 0.6) is 0 Å². The van der Waals surface area contributed by atoms with E-state index in [0.717, 1.165) is 19.3 Å². The average molecular weight is 215 g/mol. The molecule has 4 unspecified atom stereocenters. The highest BCUT2D eigenvalue weighted by Gasteiger charge is 2.47. The molecule has 87 valence electrons. The smallest absolute Gasteiger partial charge is 0.253 e. The Balaban J connectivity index is 1.92. The lowest BCUT2D eigenvalue weighted by Crippen LogP contribution is -2.34. The zero-order valence-electron chi connectivity index (χ0n) is 9.56. The Morgan fingerprint density at radius 1 is 1.13 bits per heavy atom. The quantitative estimate of drug-likeness (QED) is 0.649. The van der Waals surface area contributed by atoms with Crippen molar-refractivity contribution in [3.63, 3.8) is 0 Å². The van der Waals surface area contributed by atoms with Crippen LogP contribution in [0.15, 0.2) is 0 Å². The minimum absolute atomic E-state index is 0.0647. The summed E-state index contributed by atoms with van der Waals surface area (Å²) in [6.45, 7) is 0. The molecule has 0 bridgehead atoms. The van der Waals surface area contributed by atoms with Gasteiger partial charge in [-0.2, -0.15) is 0 Å². The van der Waals surface area contributed by atoms with Gasteiger partial charge in [-0.15, -0.1) is 0 Å². The summed E-state index contributed by atoms with van der Waals surface area (Å²) in [6.07, 6.45) is 4.79. The summed E-state index contributed by atoms with van der Waals surface area (Å²) in [5, 5.41) is 0. The summed E-state index contributed by atoms with van der Waals surface area (Å²) in [5.41, 5.74) is 0. The summed E-state index contributed by atoms with van der Waals surface area (Å²) >= 11 is 0. The van der Waals surface area contributed by atoms with Crippen LogP contribution in [0, 0.1) is 12.2 Å². The van der Waals surface area contributed by atoms with Gasteiger partial charge in [0.15, 0.2) is 0 Å². The Morgan fingerprint density at radius 2 is 1.87 bits per heavy atom. The normalized spacial score (nSPS) is 36.4. The van der Waals surface area contributed by atoms with E-state index < -0.39 is 0 Å². The molecule has 0 N–H and O–H groups in total. The van der Waals surface area contributed by atoms with Gasteiger partial charge in [0.05, 0.1) is 12.2 Å². The second kappa shape index (κ2) is 4.78. The van der Waals surface area contributed by atoms with E-state index in [1.165, 1.54) is 0 Å². The van der Waals surface area contributed by atoms with Crippen molar-refractivity contribution in [3.8, 4) is 0 Å². The van der Waals surface area contributed by atoms with E-state index in [1.807, 2.05) is 0 Å². The van der Waals surface area contributed by atoms with Crippen molar-refractivity contribution >= 4 is 0 Å². The van der Waals surface area contributed by atoms with Crippen molar-refractivity contribution in [1.29, 1.82) is 0 Å². The van der Waals surface area contributed by atoms with Gasteiger partial charge in [-0.1, -0.05) is 0 Å². The third kappa shape index (κ3) is 2.33. The van der Waals surface area contributed by atoms with Gasteiger partial charge in [0, 0.05) is 21.3 Å². The molecule has 1 radical (unpaired) electrons. The Morgan fingerprint density at radius 3 is 2.40 bits per heavy atom. The van der Waals surface area contributed by atoms with E-state index in [0.29, 0.717) is 24.4 Å². The standard InChI is InChI=1S/C11H19O4/c1-12-10(11(13-2)14-3)7-4-5-8-9(6-7)15-8/h7-10H,4-6H2,1-3H3. The van der Waals surface area contributed by atoms with E-state index in [1.54, 1.807) is 21.3 Å². The second-order valence-electron chi connectivity index (χ2n) is 4.17. The van der Waals surface area contributed by atoms with Crippen LogP contribution in [-0.4, -0.2) is 39.6 Å². The lowest BCUT2D eigenvalue weighted by Gasteiger charge is -2.30. The molecule has 1 saturated carbocycles. The van der Waals surface area contributed by atoms with Gasteiger partial charge in [0.25, 0.3) is 6.29 Å². The van der Waals surface area contributed by atoms with E-state index in [2.05, 4.69) is 0 Å². The largest absolute Gasteiger partial charge is 0.375 e. The number of fused-ring (bicyclic) bond motifs is 1. The molecule has 0 aromatic heterocycles. The summed E-state index contributed by atoms with van der Waals surface area (Å²) < 4.78 is 21.3. The number of ether oxygens (including phenoxy) is 4. The average Bonchev–Trinajstić information content (AvgIpc) is 3.03. The van der Waals surface area contributed by atoms with E-state index in [9.17, 15) is 0 Å². The van der Waals surface area contributed by atoms with Gasteiger partial charge in [0.2, 0.25) is 0 Å². The Labute approximate surface area is 90.8 Å². The zero-order chi connectivity index (χ0) is 10.8. The van der Waals surface area contributed by atoms with Crippen molar-refractivity contribution in [2.45, 2.75) is 37.6 Å². The third-order valence-corrected chi connectivity index (χ3v) is 3.36. The number of methoxy groups -OCH3 is 3. The highest BCUT2D eigenvalue weighted by atomic mass is 16.7. The maximum atomic E-state index is 5.50. The Bertz CT molecular complexity index is 205. The first-order valence-corrected chi connectivity index (χ1v) is 5.43. The predicted octanol–water partition coefficient (Wildman–Crippen LogP) is 1.35. The SMILES string of the molecule is CO[C](OC)C(OC)C1CCC2OC2C1. The van der Waals surface area contributed by atoms with Crippen LogP contribution < -0.4 is 0 Å². The van der Waals surface area contributed by atoms with Crippen molar-refractivity contribution in [2.75, 3.05) is 21.3 Å². The Hall–Kier alpha value is -0.160. The molecule has 0 amide bonds. The van der Waals surface area contributed by atoms with E-state index in [4.69, 9.17) is 18.9 Å². The minimum Gasteiger partial charge on any atom is -0.375 e. The fourth-order valence-corrected chi connectivity index (χ4v) is 2.51. The highest BCUT2D eigenvalue weighted by molar-refractivity contribution is 4.97. The van der Waals surface area contributed by atoms with Crippen LogP contribution in [0.3, 0.4) is 0 Å². The monoisotopic (exact) mass is 215 g/mol. The summed E-state index contributed by atoms with van der Waals surface area (Å²) in [4.78, 5) is 0. The van der Waals surface area contributed by atoms with Crippen LogP contribution in [0.4, 0.5) is 0 Å². The van der Waals surface area contributed by atoms with Gasteiger partial charge in [-0.25, -0.2) is 0 Å². The van der Waals surface area contributed by atoms with Crippen molar-refractivity contribution in [2.24, 2.45) is 5.92 Å². The molecule has 2 aliphatic rings. The lowest BCUT2D eigenvalue weighted by atomic mass is 9.85. The number of rotatable bonds is 5. The fourth-order valence-electron chi connectivity index (χ4n) is 2.51. The van der Waals surface area contributed by atoms with Gasteiger partial charge < -0.3 is 18.9 Å². The molecule has 1 saturated heterocycles. The molecule has 15 heavy (non-hydrogen) atoms. The fraction of sp³-hybridized carbons (Fsp3) is 0.909. The first kappa shape index (κ1) is 11.3. The molecule has 0 aromatic rings. The number of epoxide rings is 1. The molecule has 2 rings (SSSR count). The number of hydrogen-bond donors (Lipinski definition) is 0. The van der Waals surface area contributed by atoms with Gasteiger partial charge >= 0.3 is 0 Å².